The highest BCUT2D eigenvalue weighted by molar-refractivity contribution is 5.79. The van der Waals surface area contributed by atoms with Gasteiger partial charge in [0, 0.05) is 27.1 Å². The average Bonchev–Trinajstić information content (AvgIpc) is 3.12. The van der Waals surface area contributed by atoms with Gasteiger partial charge in [0.15, 0.2) is 5.96 Å². The Morgan fingerprint density at radius 1 is 1.21 bits per heavy atom. The van der Waals surface area contributed by atoms with Gasteiger partial charge in [-0.1, -0.05) is 0 Å². The molecule has 0 aliphatic carbocycles. The van der Waals surface area contributed by atoms with E-state index in [1.807, 2.05) is 48.3 Å². The summed E-state index contributed by atoms with van der Waals surface area (Å²) >= 11 is 0. The van der Waals surface area contributed by atoms with Crippen molar-refractivity contribution in [3.63, 3.8) is 0 Å². The third-order valence-corrected chi connectivity index (χ3v) is 3.56. The maximum Gasteiger partial charge on any atom is 0.193 e. The number of likely N-dealkylation sites (N-methyl/N-ethyl adjacent to an activating group) is 1. The van der Waals surface area contributed by atoms with Gasteiger partial charge in [-0.25, -0.2) is 0 Å². The van der Waals surface area contributed by atoms with Gasteiger partial charge in [0.1, 0.15) is 23.9 Å². The van der Waals surface area contributed by atoms with Crippen molar-refractivity contribution in [2.24, 2.45) is 4.99 Å². The third kappa shape index (κ3) is 5.53. The molecular weight excluding hydrogens is 306 g/mol. The zero-order valence-electron chi connectivity index (χ0n) is 14.5. The summed E-state index contributed by atoms with van der Waals surface area (Å²) in [5, 5.41) is 3.32. The highest BCUT2D eigenvalue weighted by Crippen LogP contribution is 2.16. The summed E-state index contributed by atoms with van der Waals surface area (Å²) in [5.74, 6) is 3.44. The van der Waals surface area contributed by atoms with Crippen molar-refractivity contribution in [3.05, 3.63) is 48.4 Å². The van der Waals surface area contributed by atoms with E-state index < -0.39 is 0 Å². The molecule has 0 radical (unpaired) electrons. The summed E-state index contributed by atoms with van der Waals surface area (Å²) in [6, 6.07) is 11.4. The number of ether oxygens (including phenoxy) is 2. The van der Waals surface area contributed by atoms with Gasteiger partial charge in [0.25, 0.3) is 0 Å². The van der Waals surface area contributed by atoms with Crippen LogP contribution in [0.5, 0.6) is 11.5 Å². The van der Waals surface area contributed by atoms with Crippen LogP contribution in [0.15, 0.2) is 52.1 Å². The Kier molecular flexibility index (Phi) is 7.01. The summed E-state index contributed by atoms with van der Waals surface area (Å²) < 4.78 is 16.2. The highest BCUT2D eigenvalue weighted by atomic mass is 16.5. The lowest BCUT2D eigenvalue weighted by atomic mass is 10.3. The SMILES string of the molecule is CN=C(NCCc1ccco1)N(C)CCOc1ccc(OC)cc1. The predicted molar refractivity (Wildman–Crippen MR) is 94.9 cm³/mol. The Hall–Kier alpha value is -2.63. The molecule has 1 aromatic heterocycles. The van der Waals surface area contributed by atoms with Crippen LogP contribution < -0.4 is 14.8 Å². The Morgan fingerprint density at radius 2 is 1.96 bits per heavy atom. The molecule has 0 amide bonds. The van der Waals surface area contributed by atoms with Crippen LogP contribution in [0.3, 0.4) is 0 Å². The van der Waals surface area contributed by atoms with Gasteiger partial charge in [-0.05, 0) is 36.4 Å². The van der Waals surface area contributed by atoms with Gasteiger partial charge in [-0.15, -0.1) is 0 Å². The van der Waals surface area contributed by atoms with Gasteiger partial charge in [-0.2, -0.15) is 0 Å². The molecule has 0 bridgehead atoms. The van der Waals surface area contributed by atoms with Crippen molar-refractivity contribution in [2.45, 2.75) is 6.42 Å². The number of methoxy groups -OCH3 is 1. The van der Waals surface area contributed by atoms with E-state index in [0.717, 1.165) is 42.7 Å². The standard InChI is InChI=1S/C18H25N3O3/c1-19-18(20-11-10-16-5-4-13-23-16)21(2)12-14-24-17-8-6-15(22-3)7-9-17/h4-9,13H,10-12,14H2,1-3H3,(H,19,20). The monoisotopic (exact) mass is 331 g/mol. The van der Waals surface area contributed by atoms with Crippen LogP contribution in [0.4, 0.5) is 0 Å². The molecular formula is C18H25N3O3. The number of rotatable bonds is 8. The van der Waals surface area contributed by atoms with Gasteiger partial charge in [0.2, 0.25) is 0 Å². The summed E-state index contributed by atoms with van der Waals surface area (Å²) in [5.41, 5.74) is 0. The molecule has 0 aliphatic heterocycles. The molecule has 1 aromatic carbocycles. The van der Waals surface area contributed by atoms with Gasteiger partial charge in [0.05, 0.1) is 19.9 Å². The lowest BCUT2D eigenvalue weighted by Crippen LogP contribution is -2.41. The van der Waals surface area contributed by atoms with Crippen molar-refractivity contribution in [2.75, 3.05) is 40.9 Å². The van der Waals surface area contributed by atoms with Crippen molar-refractivity contribution < 1.29 is 13.9 Å². The first-order valence-corrected chi connectivity index (χ1v) is 7.94. The van der Waals surface area contributed by atoms with Crippen molar-refractivity contribution in [1.29, 1.82) is 0 Å². The van der Waals surface area contributed by atoms with Crippen LogP contribution in [-0.4, -0.2) is 51.8 Å². The summed E-state index contributed by atoms with van der Waals surface area (Å²) in [6.45, 7) is 2.07. The number of nitrogens with one attached hydrogen (secondary N) is 1. The summed E-state index contributed by atoms with van der Waals surface area (Å²) in [6.07, 6.45) is 2.51. The van der Waals surface area contributed by atoms with Crippen molar-refractivity contribution >= 4 is 5.96 Å². The second-order valence-corrected chi connectivity index (χ2v) is 5.25. The second-order valence-electron chi connectivity index (χ2n) is 5.25. The molecule has 24 heavy (non-hydrogen) atoms. The number of nitrogens with zero attached hydrogens (tertiary/aromatic N) is 2. The van der Waals surface area contributed by atoms with Crippen molar-refractivity contribution in [1.82, 2.24) is 10.2 Å². The Balaban J connectivity index is 1.69. The maximum absolute atomic E-state index is 5.74. The van der Waals surface area contributed by atoms with Gasteiger partial charge in [-0.3, -0.25) is 4.99 Å². The van der Waals surface area contributed by atoms with Crippen LogP contribution in [-0.2, 0) is 6.42 Å². The van der Waals surface area contributed by atoms with E-state index in [2.05, 4.69) is 10.3 Å². The minimum atomic E-state index is 0.571. The quantitative estimate of drug-likeness (QED) is 0.595. The smallest absolute Gasteiger partial charge is 0.193 e. The molecule has 0 aliphatic rings. The van der Waals surface area contributed by atoms with E-state index >= 15 is 0 Å². The van der Waals surface area contributed by atoms with E-state index in [9.17, 15) is 0 Å². The second kappa shape index (κ2) is 9.50. The molecule has 6 heteroatoms. The minimum Gasteiger partial charge on any atom is -0.497 e. The number of benzene rings is 1. The number of furan rings is 1. The molecule has 0 fully saturated rings. The average molecular weight is 331 g/mol. The molecule has 1 heterocycles. The van der Waals surface area contributed by atoms with E-state index in [4.69, 9.17) is 13.9 Å². The number of guanidine groups is 1. The lowest BCUT2D eigenvalue weighted by molar-refractivity contribution is 0.281. The molecule has 0 saturated heterocycles. The maximum atomic E-state index is 5.74. The van der Waals surface area contributed by atoms with Crippen LogP contribution in [0.2, 0.25) is 0 Å². The summed E-state index contributed by atoms with van der Waals surface area (Å²) in [7, 11) is 5.41. The Labute approximate surface area is 143 Å². The zero-order chi connectivity index (χ0) is 17.2. The van der Waals surface area contributed by atoms with Gasteiger partial charge < -0.3 is 24.1 Å². The normalized spacial score (nSPS) is 11.2. The fourth-order valence-corrected chi connectivity index (χ4v) is 2.22. The predicted octanol–water partition coefficient (Wildman–Crippen LogP) is 2.42. The first-order chi connectivity index (χ1) is 11.7. The Morgan fingerprint density at radius 3 is 2.58 bits per heavy atom. The van der Waals surface area contributed by atoms with Crippen LogP contribution >= 0.6 is 0 Å². The minimum absolute atomic E-state index is 0.571. The summed E-state index contributed by atoms with van der Waals surface area (Å²) in [4.78, 5) is 6.32. The van der Waals surface area contributed by atoms with Gasteiger partial charge >= 0.3 is 0 Å². The van der Waals surface area contributed by atoms with E-state index in [0.29, 0.717) is 6.61 Å². The van der Waals surface area contributed by atoms with E-state index in [-0.39, 0.29) is 0 Å². The zero-order valence-corrected chi connectivity index (χ0v) is 14.5. The third-order valence-electron chi connectivity index (χ3n) is 3.56. The number of hydrogen-bond acceptors (Lipinski definition) is 4. The largest absolute Gasteiger partial charge is 0.497 e. The highest BCUT2D eigenvalue weighted by Gasteiger charge is 2.06. The molecule has 2 rings (SSSR count). The molecule has 1 N–H and O–H groups in total. The molecule has 0 atom stereocenters. The fourth-order valence-electron chi connectivity index (χ4n) is 2.22. The molecule has 0 unspecified atom stereocenters. The molecule has 0 spiro atoms. The topological polar surface area (TPSA) is 59.2 Å². The van der Waals surface area contributed by atoms with Crippen LogP contribution in [0.1, 0.15) is 5.76 Å². The number of aliphatic imine (C=N–C) groups is 1. The van der Waals surface area contributed by atoms with Crippen LogP contribution in [0, 0.1) is 0 Å². The number of hydrogen-bond donors (Lipinski definition) is 1. The molecule has 130 valence electrons. The van der Waals surface area contributed by atoms with Crippen molar-refractivity contribution in [3.8, 4) is 11.5 Å². The Bertz CT molecular complexity index is 609. The van der Waals surface area contributed by atoms with E-state index in [1.54, 1.807) is 20.4 Å². The molecule has 6 nitrogen and oxygen atoms in total. The molecule has 2 aromatic rings. The van der Waals surface area contributed by atoms with E-state index in [1.165, 1.54) is 0 Å². The molecule has 0 saturated carbocycles. The first-order valence-electron chi connectivity index (χ1n) is 7.94. The lowest BCUT2D eigenvalue weighted by Gasteiger charge is -2.22. The van der Waals surface area contributed by atoms with Crippen LogP contribution in [0.25, 0.3) is 0 Å². The first kappa shape index (κ1) is 17.7. The fraction of sp³-hybridized carbons (Fsp3) is 0.389.